The highest BCUT2D eigenvalue weighted by Gasteiger charge is 2.25. The summed E-state index contributed by atoms with van der Waals surface area (Å²) in [4.78, 5) is 0. The minimum Gasteiger partial charge on any atom is -0.465 e. The second kappa shape index (κ2) is 4.18. The van der Waals surface area contributed by atoms with Crippen LogP contribution in [0.15, 0.2) is 10.5 Å². The second-order valence-corrected chi connectivity index (χ2v) is 4.18. The van der Waals surface area contributed by atoms with E-state index in [1.165, 1.54) is 30.6 Å². The van der Waals surface area contributed by atoms with E-state index >= 15 is 0 Å². The average molecular weight is 193 g/mol. The summed E-state index contributed by atoms with van der Waals surface area (Å²) in [6.45, 7) is 2.80. The first-order valence-corrected chi connectivity index (χ1v) is 5.66. The molecule has 14 heavy (non-hydrogen) atoms. The summed E-state index contributed by atoms with van der Waals surface area (Å²) in [5.74, 6) is 2.97. The Kier molecular flexibility index (Phi) is 2.92. The SMILES string of the molecule is CCCc1cc(CN)c(C2CCC2)o1. The molecule has 0 aliphatic heterocycles. The van der Waals surface area contributed by atoms with Gasteiger partial charge in [0.05, 0.1) is 0 Å². The summed E-state index contributed by atoms with van der Waals surface area (Å²) >= 11 is 0. The van der Waals surface area contributed by atoms with E-state index in [0.29, 0.717) is 12.5 Å². The fourth-order valence-corrected chi connectivity index (χ4v) is 2.05. The first kappa shape index (κ1) is 9.78. The summed E-state index contributed by atoms with van der Waals surface area (Å²) in [5, 5.41) is 0. The highest BCUT2D eigenvalue weighted by molar-refractivity contribution is 5.26. The van der Waals surface area contributed by atoms with Crippen molar-refractivity contribution in [1.29, 1.82) is 0 Å². The molecule has 78 valence electrons. The predicted molar refractivity (Wildman–Crippen MR) is 57.2 cm³/mol. The van der Waals surface area contributed by atoms with E-state index in [1.54, 1.807) is 0 Å². The maximum Gasteiger partial charge on any atom is 0.111 e. The monoisotopic (exact) mass is 193 g/mol. The first-order chi connectivity index (χ1) is 6.85. The van der Waals surface area contributed by atoms with Gasteiger partial charge in [-0.1, -0.05) is 13.3 Å². The van der Waals surface area contributed by atoms with Gasteiger partial charge < -0.3 is 10.2 Å². The van der Waals surface area contributed by atoms with E-state index in [2.05, 4.69) is 13.0 Å². The van der Waals surface area contributed by atoms with Gasteiger partial charge in [0.1, 0.15) is 11.5 Å². The molecule has 1 aromatic rings. The third-order valence-electron chi connectivity index (χ3n) is 3.09. The van der Waals surface area contributed by atoms with Gasteiger partial charge in [0, 0.05) is 24.4 Å². The topological polar surface area (TPSA) is 39.2 Å². The number of aryl methyl sites for hydroxylation is 1. The molecule has 1 aromatic heterocycles. The van der Waals surface area contributed by atoms with Crippen molar-refractivity contribution in [3.8, 4) is 0 Å². The first-order valence-electron chi connectivity index (χ1n) is 5.66. The Labute approximate surface area is 85.5 Å². The van der Waals surface area contributed by atoms with Crippen LogP contribution in [0.5, 0.6) is 0 Å². The molecule has 1 aliphatic rings. The van der Waals surface area contributed by atoms with Crippen LogP contribution in [0.2, 0.25) is 0 Å². The number of hydrogen-bond acceptors (Lipinski definition) is 2. The summed E-state index contributed by atoms with van der Waals surface area (Å²) in [7, 11) is 0. The minimum atomic E-state index is 0.624. The molecule has 1 heterocycles. The van der Waals surface area contributed by atoms with Crippen LogP contribution in [0.1, 0.15) is 55.6 Å². The molecule has 0 radical (unpaired) electrons. The summed E-state index contributed by atoms with van der Waals surface area (Å²) in [5.41, 5.74) is 6.95. The lowest BCUT2D eigenvalue weighted by Gasteiger charge is -2.24. The zero-order valence-electron chi connectivity index (χ0n) is 8.88. The van der Waals surface area contributed by atoms with Crippen LogP contribution in [0, 0.1) is 0 Å². The summed E-state index contributed by atoms with van der Waals surface area (Å²) in [6.07, 6.45) is 6.10. The standard InChI is InChI=1S/C12H19NO/c1-2-4-11-7-10(8-13)12(14-11)9-5-3-6-9/h7,9H,2-6,8,13H2,1H3. The van der Waals surface area contributed by atoms with Gasteiger partial charge in [-0.05, 0) is 25.3 Å². The minimum absolute atomic E-state index is 0.624. The fraction of sp³-hybridized carbons (Fsp3) is 0.667. The molecule has 2 rings (SSSR count). The molecule has 2 N–H and O–H groups in total. The Bertz CT molecular complexity index is 299. The van der Waals surface area contributed by atoms with Gasteiger partial charge in [0.15, 0.2) is 0 Å². The molecule has 1 aliphatic carbocycles. The molecule has 0 spiro atoms. The molecule has 0 unspecified atom stereocenters. The zero-order valence-corrected chi connectivity index (χ0v) is 8.88. The van der Waals surface area contributed by atoms with Crippen molar-refractivity contribution in [1.82, 2.24) is 0 Å². The summed E-state index contributed by atoms with van der Waals surface area (Å²) < 4.78 is 5.87. The second-order valence-electron chi connectivity index (χ2n) is 4.18. The lowest BCUT2D eigenvalue weighted by Crippen LogP contribution is -2.11. The Balaban J connectivity index is 2.18. The van der Waals surface area contributed by atoms with Crippen LogP contribution in [0.4, 0.5) is 0 Å². The van der Waals surface area contributed by atoms with Gasteiger partial charge in [0.2, 0.25) is 0 Å². The molecule has 1 saturated carbocycles. The van der Waals surface area contributed by atoms with E-state index in [1.807, 2.05) is 0 Å². The van der Waals surface area contributed by atoms with Crippen LogP contribution < -0.4 is 5.73 Å². The van der Waals surface area contributed by atoms with E-state index < -0.39 is 0 Å². The van der Waals surface area contributed by atoms with Crippen molar-refractivity contribution in [3.05, 3.63) is 23.2 Å². The third kappa shape index (κ3) is 1.71. The molecular weight excluding hydrogens is 174 g/mol. The molecular formula is C12H19NO. The van der Waals surface area contributed by atoms with Crippen molar-refractivity contribution in [3.63, 3.8) is 0 Å². The molecule has 0 aromatic carbocycles. The van der Waals surface area contributed by atoms with Gasteiger partial charge >= 0.3 is 0 Å². The largest absolute Gasteiger partial charge is 0.465 e. The summed E-state index contributed by atoms with van der Waals surface area (Å²) in [6, 6.07) is 2.15. The van der Waals surface area contributed by atoms with Crippen molar-refractivity contribution in [2.75, 3.05) is 0 Å². The molecule has 0 amide bonds. The van der Waals surface area contributed by atoms with Crippen LogP contribution in [-0.2, 0) is 13.0 Å². The Morgan fingerprint density at radius 2 is 2.29 bits per heavy atom. The van der Waals surface area contributed by atoms with Crippen LogP contribution >= 0.6 is 0 Å². The highest BCUT2D eigenvalue weighted by Crippen LogP contribution is 2.39. The van der Waals surface area contributed by atoms with Gasteiger partial charge in [-0.15, -0.1) is 0 Å². The molecule has 0 bridgehead atoms. The van der Waals surface area contributed by atoms with Crippen molar-refractivity contribution in [2.24, 2.45) is 5.73 Å². The lowest BCUT2D eigenvalue weighted by atomic mass is 9.82. The third-order valence-corrected chi connectivity index (χ3v) is 3.09. The van der Waals surface area contributed by atoms with Crippen LogP contribution in [0.3, 0.4) is 0 Å². The number of furan rings is 1. The Hall–Kier alpha value is -0.760. The highest BCUT2D eigenvalue weighted by atomic mass is 16.3. The van der Waals surface area contributed by atoms with Gasteiger partial charge in [-0.3, -0.25) is 0 Å². The van der Waals surface area contributed by atoms with E-state index in [9.17, 15) is 0 Å². The molecule has 2 heteroatoms. The van der Waals surface area contributed by atoms with Gasteiger partial charge in [-0.2, -0.15) is 0 Å². The van der Waals surface area contributed by atoms with Crippen molar-refractivity contribution >= 4 is 0 Å². The maximum absolute atomic E-state index is 5.87. The molecule has 2 nitrogen and oxygen atoms in total. The number of rotatable bonds is 4. The zero-order chi connectivity index (χ0) is 9.97. The van der Waals surface area contributed by atoms with Crippen LogP contribution in [0.25, 0.3) is 0 Å². The molecule has 1 fully saturated rings. The van der Waals surface area contributed by atoms with E-state index in [0.717, 1.165) is 18.6 Å². The van der Waals surface area contributed by atoms with E-state index in [-0.39, 0.29) is 0 Å². The van der Waals surface area contributed by atoms with Crippen LogP contribution in [-0.4, -0.2) is 0 Å². The molecule has 0 saturated heterocycles. The average Bonchev–Trinajstić information content (AvgIpc) is 2.46. The number of hydrogen-bond donors (Lipinski definition) is 1. The maximum atomic E-state index is 5.87. The Morgan fingerprint density at radius 1 is 1.50 bits per heavy atom. The quantitative estimate of drug-likeness (QED) is 0.798. The fourth-order valence-electron chi connectivity index (χ4n) is 2.05. The van der Waals surface area contributed by atoms with E-state index in [4.69, 9.17) is 10.2 Å². The molecule has 0 atom stereocenters. The lowest BCUT2D eigenvalue weighted by molar-refractivity contribution is 0.332. The van der Waals surface area contributed by atoms with Gasteiger partial charge in [0.25, 0.3) is 0 Å². The normalized spacial score (nSPS) is 17.0. The predicted octanol–water partition coefficient (Wildman–Crippen LogP) is 2.96. The number of nitrogens with two attached hydrogens (primary N) is 1. The van der Waals surface area contributed by atoms with Crippen molar-refractivity contribution in [2.45, 2.75) is 51.5 Å². The van der Waals surface area contributed by atoms with Gasteiger partial charge in [-0.25, -0.2) is 0 Å². The Morgan fingerprint density at radius 3 is 2.79 bits per heavy atom. The van der Waals surface area contributed by atoms with Crippen molar-refractivity contribution < 1.29 is 4.42 Å². The smallest absolute Gasteiger partial charge is 0.111 e.